The summed E-state index contributed by atoms with van der Waals surface area (Å²) in [6.07, 6.45) is 0.856. The average molecular weight is 425 g/mol. The Kier molecular flexibility index (Phi) is 5.88. The van der Waals surface area contributed by atoms with E-state index in [1.807, 2.05) is 26.0 Å². The van der Waals surface area contributed by atoms with Gasteiger partial charge in [-0.15, -0.1) is 0 Å². The zero-order valence-corrected chi connectivity index (χ0v) is 18.4. The Bertz CT molecular complexity index is 1100. The van der Waals surface area contributed by atoms with Gasteiger partial charge in [-0.3, -0.25) is 0 Å². The number of hydrogen-bond acceptors (Lipinski definition) is 8. The molecule has 8 nitrogen and oxygen atoms in total. The maximum absolute atomic E-state index is 6.28. The molecular formula is C23H28N4O4. The Balaban J connectivity index is 1.69. The molecular weight excluding hydrogens is 396 g/mol. The maximum Gasteiger partial charge on any atom is 0.228 e. The lowest BCUT2D eigenvalue weighted by atomic mass is 9.99. The van der Waals surface area contributed by atoms with Crippen molar-refractivity contribution in [2.75, 3.05) is 44.6 Å². The molecule has 0 amide bonds. The van der Waals surface area contributed by atoms with Gasteiger partial charge in [0.2, 0.25) is 5.95 Å². The number of nitrogens with two attached hydrogens (primary N) is 1. The largest absolute Gasteiger partial charge is 0.493 e. The lowest BCUT2D eigenvalue weighted by Gasteiger charge is -2.30. The monoisotopic (exact) mass is 424 g/mol. The van der Waals surface area contributed by atoms with Crippen molar-refractivity contribution in [3.63, 3.8) is 0 Å². The fourth-order valence-electron chi connectivity index (χ4n) is 3.88. The fourth-order valence-corrected chi connectivity index (χ4v) is 3.88. The van der Waals surface area contributed by atoms with E-state index in [2.05, 4.69) is 22.0 Å². The van der Waals surface area contributed by atoms with Gasteiger partial charge in [0.1, 0.15) is 5.82 Å². The molecule has 0 radical (unpaired) electrons. The first-order valence-electron chi connectivity index (χ1n) is 10.4. The van der Waals surface area contributed by atoms with Crippen LogP contribution in [0.4, 0.5) is 11.8 Å². The third-order valence-electron chi connectivity index (χ3n) is 5.38. The molecule has 0 aliphatic carbocycles. The van der Waals surface area contributed by atoms with Crippen LogP contribution in [0.1, 0.15) is 25.0 Å². The van der Waals surface area contributed by atoms with Gasteiger partial charge in [0.05, 0.1) is 33.0 Å². The van der Waals surface area contributed by atoms with Gasteiger partial charge in [-0.25, -0.2) is 4.98 Å². The van der Waals surface area contributed by atoms with E-state index in [9.17, 15) is 0 Å². The van der Waals surface area contributed by atoms with Crippen molar-refractivity contribution in [2.45, 2.75) is 26.8 Å². The molecule has 164 valence electrons. The zero-order chi connectivity index (χ0) is 22.0. The van der Waals surface area contributed by atoms with E-state index < -0.39 is 0 Å². The summed E-state index contributed by atoms with van der Waals surface area (Å²) in [5.41, 5.74) is 9.42. The summed E-state index contributed by atoms with van der Waals surface area (Å²) in [6.45, 7) is 6.58. The van der Waals surface area contributed by atoms with E-state index >= 15 is 0 Å². The summed E-state index contributed by atoms with van der Waals surface area (Å²) >= 11 is 0. The predicted molar refractivity (Wildman–Crippen MR) is 121 cm³/mol. The van der Waals surface area contributed by atoms with Crippen LogP contribution >= 0.6 is 0 Å². The Hall–Kier alpha value is -3.42. The number of ether oxygens (including phenoxy) is 4. The first-order chi connectivity index (χ1) is 15.1. The minimum Gasteiger partial charge on any atom is -0.493 e. The van der Waals surface area contributed by atoms with Crippen LogP contribution in [0.2, 0.25) is 0 Å². The molecule has 0 saturated carbocycles. The van der Waals surface area contributed by atoms with Crippen LogP contribution in [0.15, 0.2) is 24.3 Å². The van der Waals surface area contributed by atoms with Gasteiger partial charge in [0, 0.05) is 24.5 Å². The Morgan fingerprint density at radius 3 is 2.16 bits per heavy atom. The van der Waals surface area contributed by atoms with Crippen molar-refractivity contribution in [1.82, 2.24) is 9.97 Å². The van der Waals surface area contributed by atoms with Gasteiger partial charge in [0.15, 0.2) is 23.0 Å². The molecule has 2 N–H and O–H groups in total. The second-order valence-corrected chi connectivity index (χ2v) is 7.24. The molecule has 2 aromatic carbocycles. The molecule has 8 heteroatoms. The summed E-state index contributed by atoms with van der Waals surface area (Å²) in [5, 5.41) is 0.735. The molecule has 2 heterocycles. The lowest BCUT2D eigenvalue weighted by Crippen LogP contribution is -2.32. The highest BCUT2D eigenvalue weighted by Crippen LogP contribution is 2.36. The molecule has 4 rings (SSSR count). The summed E-state index contributed by atoms with van der Waals surface area (Å²) in [6, 6.07) is 7.79. The molecule has 31 heavy (non-hydrogen) atoms. The fraction of sp³-hybridized carbons (Fsp3) is 0.391. The number of nitrogens with zero attached hydrogens (tertiary/aromatic N) is 3. The number of methoxy groups -OCH3 is 2. The van der Waals surface area contributed by atoms with Crippen molar-refractivity contribution in [1.29, 1.82) is 0 Å². The zero-order valence-electron chi connectivity index (χ0n) is 18.4. The van der Waals surface area contributed by atoms with Crippen molar-refractivity contribution >= 4 is 22.7 Å². The summed E-state index contributed by atoms with van der Waals surface area (Å²) in [7, 11) is 3.19. The van der Waals surface area contributed by atoms with Crippen molar-refractivity contribution < 1.29 is 18.9 Å². The minimum absolute atomic E-state index is 0.411. The van der Waals surface area contributed by atoms with E-state index in [1.54, 1.807) is 14.2 Å². The minimum atomic E-state index is 0.411. The topological polar surface area (TPSA) is 92.0 Å². The molecule has 0 fully saturated rings. The molecule has 1 aliphatic heterocycles. The molecule has 1 aliphatic rings. The van der Waals surface area contributed by atoms with Crippen LogP contribution in [-0.4, -0.2) is 43.9 Å². The molecule has 3 aromatic rings. The number of hydrogen-bond donors (Lipinski definition) is 1. The van der Waals surface area contributed by atoms with Gasteiger partial charge in [0.25, 0.3) is 0 Å². The maximum atomic E-state index is 6.28. The molecule has 0 bridgehead atoms. The van der Waals surface area contributed by atoms with Crippen molar-refractivity contribution in [2.24, 2.45) is 0 Å². The summed E-state index contributed by atoms with van der Waals surface area (Å²) < 4.78 is 22.4. The van der Waals surface area contributed by atoms with Crippen molar-refractivity contribution in [3.05, 3.63) is 35.4 Å². The number of anilines is 2. The standard InChI is InChI=1S/C23H28N4O4/c1-5-30-20-9-14-7-8-27(13-15(14)10-21(20)31-6-2)23-25-17-12-19(29-4)18(28-3)11-16(17)22(24)26-23/h9-12H,5-8,13H2,1-4H3,(H2,24,25,26). The summed E-state index contributed by atoms with van der Waals surface area (Å²) in [5.74, 6) is 3.76. The van der Waals surface area contributed by atoms with E-state index in [0.717, 1.165) is 29.9 Å². The molecule has 0 unspecified atom stereocenters. The van der Waals surface area contributed by atoms with E-state index in [-0.39, 0.29) is 0 Å². The van der Waals surface area contributed by atoms with Crippen LogP contribution in [0.5, 0.6) is 23.0 Å². The van der Waals surface area contributed by atoms with E-state index in [4.69, 9.17) is 29.7 Å². The molecule has 0 saturated heterocycles. The quantitative estimate of drug-likeness (QED) is 0.615. The second-order valence-electron chi connectivity index (χ2n) is 7.24. The average Bonchev–Trinajstić information content (AvgIpc) is 2.78. The third-order valence-corrected chi connectivity index (χ3v) is 5.38. The SMILES string of the molecule is CCOc1cc2c(cc1OCC)CN(c1nc(N)c3cc(OC)c(OC)cc3n1)CC2. The van der Waals surface area contributed by atoms with Crippen molar-refractivity contribution in [3.8, 4) is 23.0 Å². The number of benzene rings is 2. The van der Waals surface area contributed by atoms with Gasteiger partial charge in [-0.1, -0.05) is 0 Å². The lowest BCUT2D eigenvalue weighted by molar-refractivity contribution is 0.287. The first-order valence-corrected chi connectivity index (χ1v) is 10.4. The Morgan fingerprint density at radius 2 is 1.52 bits per heavy atom. The van der Waals surface area contributed by atoms with Crippen LogP contribution in [0, 0.1) is 0 Å². The van der Waals surface area contributed by atoms with Gasteiger partial charge in [-0.05, 0) is 49.6 Å². The highest BCUT2D eigenvalue weighted by molar-refractivity contribution is 5.91. The molecule has 0 spiro atoms. The van der Waals surface area contributed by atoms with Crippen LogP contribution in [-0.2, 0) is 13.0 Å². The first kappa shape index (κ1) is 20.8. The highest BCUT2D eigenvalue weighted by atomic mass is 16.5. The predicted octanol–water partition coefficient (Wildman–Crippen LogP) is 3.59. The molecule has 1 aromatic heterocycles. The Labute approximate surface area is 181 Å². The highest BCUT2D eigenvalue weighted by Gasteiger charge is 2.23. The number of aromatic nitrogens is 2. The van der Waals surface area contributed by atoms with Gasteiger partial charge < -0.3 is 29.6 Å². The van der Waals surface area contributed by atoms with Crippen LogP contribution in [0.3, 0.4) is 0 Å². The van der Waals surface area contributed by atoms with E-state index in [0.29, 0.717) is 48.5 Å². The molecule has 0 atom stereocenters. The normalized spacial score (nSPS) is 13.1. The van der Waals surface area contributed by atoms with Gasteiger partial charge in [-0.2, -0.15) is 4.98 Å². The summed E-state index contributed by atoms with van der Waals surface area (Å²) in [4.78, 5) is 11.5. The number of fused-ring (bicyclic) bond motifs is 2. The third kappa shape index (κ3) is 3.97. The van der Waals surface area contributed by atoms with Crippen LogP contribution in [0.25, 0.3) is 10.9 Å². The van der Waals surface area contributed by atoms with Crippen LogP contribution < -0.4 is 29.6 Å². The smallest absolute Gasteiger partial charge is 0.228 e. The van der Waals surface area contributed by atoms with Gasteiger partial charge >= 0.3 is 0 Å². The number of rotatable bonds is 7. The Morgan fingerprint density at radius 1 is 0.871 bits per heavy atom. The second kappa shape index (κ2) is 8.75. The van der Waals surface area contributed by atoms with E-state index in [1.165, 1.54) is 11.1 Å². The number of nitrogen functional groups attached to an aromatic ring is 1.